The van der Waals surface area contributed by atoms with E-state index in [1.165, 1.54) is 31.5 Å². The fraction of sp³-hybridized carbons (Fsp3) is 0.267. The third-order valence-electron chi connectivity index (χ3n) is 7.18. The van der Waals surface area contributed by atoms with Gasteiger partial charge in [-0.2, -0.15) is 0 Å². The van der Waals surface area contributed by atoms with E-state index in [9.17, 15) is 9.59 Å². The van der Waals surface area contributed by atoms with Crippen molar-refractivity contribution in [3.05, 3.63) is 99.3 Å². The van der Waals surface area contributed by atoms with Crippen LogP contribution in [0.4, 0.5) is 5.69 Å². The first kappa shape index (κ1) is 25.6. The molecular formula is C30H28ClN4O3S+. The third-order valence-corrected chi connectivity index (χ3v) is 8.46. The van der Waals surface area contributed by atoms with Crippen molar-refractivity contribution in [2.24, 2.45) is 0 Å². The SMILES string of the molecule is CC(=O)N1c2ccccc2-c2c(=O)[nH]c(SCc3ccccc3Cl)n[n+]2[C@@H]1c1cccc(OC2CCCC2)c1. The molecule has 39 heavy (non-hydrogen) atoms. The Morgan fingerprint density at radius 3 is 2.67 bits per heavy atom. The molecule has 1 fully saturated rings. The van der Waals surface area contributed by atoms with Crippen LogP contribution in [0.1, 0.15) is 49.9 Å². The van der Waals surface area contributed by atoms with Crippen LogP contribution in [-0.2, 0) is 10.5 Å². The van der Waals surface area contributed by atoms with Gasteiger partial charge in [-0.15, -0.1) is 0 Å². The number of nitrogens with one attached hydrogen (secondary N) is 1. The van der Waals surface area contributed by atoms with Gasteiger partial charge in [0.25, 0.3) is 6.17 Å². The summed E-state index contributed by atoms with van der Waals surface area (Å²) in [4.78, 5) is 31.4. The maximum Gasteiger partial charge on any atom is 0.325 e. The van der Waals surface area contributed by atoms with Gasteiger partial charge in [0.15, 0.2) is 0 Å². The van der Waals surface area contributed by atoms with E-state index in [0.29, 0.717) is 32.9 Å². The normalized spacial score (nSPS) is 16.6. The zero-order valence-corrected chi connectivity index (χ0v) is 23.0. The smallest absolute Gasteiger partial charge is 0.325 e. The zero-order chi connectivity index (χ0) is 26.9. The van der Waals surface area contributed by atoms with Gasteiger partial charge >= 0.3 is 11.3 Å². The maximum atomic E-state index is 13.6. The molecule has 6 rings (SSSR count). The molecule has 2 aliphatic rings. The van der Waals surface area contributed by atoms with Gasteiger partial charge in [0.2, 0.25) is 11.1 Å². The van der Waals surface area contributed by atoms with Crippen molar-refractivity contribution in [3.8, 4) is 17.0 Å². The third kappa shape index (κ3) is 5.06. The van der Waals surface area contributed by atoms with Gasteiger partial charge in [-0.05, 0) is 72.3 Å². The largest absolute Gasteiger partial charge is 0.490 e. The molecule has 0 radical (unpaired) electrons. The summed E-state index contributed by atoms with van der Waals surface area (Å²) in [7, 11) is 0. The molecule has 1 amide bonds. The summed E-state index contributed by atoms with van der Waals surface area (Å²) in [5.74, 6) is 1.13. The Morgan fingerprint density at radius 1 is 1.10 bits per heavy atom. The van der Waals surface area contributed by atoms with Crippen molar-refractivity contribution < 1.29 is 14.2 Å². The monoisotopic (exact) mass is 559 g/mol. The highest BCUT2D eigenvalue weighted by Crippen LogP contribution is 2.38. The van der Waals surface area contributed by atoms with Crippen molar-refractivity contribution >= 4 is 35.0 Å². The molecule has 1 N–H and O–H groups in total. The average molecular weight is 560 g/mol. The summed E-state index contributed by atoms with van der Waals surface area (Å²) in [6, 6.07) is 22.8. The Balaban J connectivity index is 1.46. The van der Waals surface area contributed by atoms with E-state index in [1.54, 1.807) is 9.58 Å². The number of ether oxygens (including phenoxy) is 1. The molecular weight excluding hydrogens is 532 g/mol. The second-order valence-corrected chi connectivity index (χ2v) is 11.2. The molecule has 2 heterocycles. The number of thioether (sulfide) groups is 1. The predicted molar refractivity (Wildman–Crippen MR) is 152 cm³/mol. The number of amides is 1. The fourth-order valence-electron chi connectivity index (χ4n) is 5.39. The van der Waals surface area contributed by atoms with E-state index in [2.05, 4.69) is 4.98 Å². The van der Waals surface area contributed by atoms with E-state index in [1.807, 2.05) is 72.8 Å². The predicted octanol–water partition coefficient (Wildman–Crippen LogP) is 5.90. The highest BCUT2D eigenvalue weighted by atomic mass is 35.5. The van der Waals surface area contributed by atoms with Gasteiger partial charge < -0.3 is 4.74 Å². The number of carbonyl (C=O) groups is 1. The van der Waals surface area contributed by atoms with Crippen LogP contribution in [0.5, 0.6) is 5.75 Å². The lowest BCUT2D eigenvalue weighted by molar-refractivity contribution is -0.763. The summed E-state index contributed by atoms with van der Waals surface area (Å²) in [5.41, 5.74) is 3.20. The lowest BCUT2D eigenvalue weighted by Crippen LogP contribution is -2.60. The van der Waals surface area contributed by atoms with Crippen LogP contribution in [0.15, 0.2) is 82.7 Å². The van der Waals surface area contributed by atoms with Crippen molar-refractivity contribution in [1.29, 1.82) is 0 Å². The molecule has 0 saturated heterocycles. The number of hydrogen-bond acceptors (Lipinski definition) is 5. The second kappa shape index (κ2) is 10.9. The van der Waals surface area contributed by atoms with Crippen LogP contribution < -0.4 is 19.9 Å². The Hall–Kier alpha value is -3.62. The van der Waals surface area contributed by atoms with Gasteiger partial charge in [-0.25, -0.2) is 4.90 Å². The number of hydrogen-bond donors (Lipinski definition) is 1. The molecule has 1 aromatic heterocycles. The number of aromatic nitrogens is 3. The van der Waals surface area contributed by atoms with Gasteiger partial charge in [0, 0.05) is 28.4 Å². The van der Waals surface area contributed by atoms with E-state index < -0.39 is 6.17 Å². The molecule has 1 atom stereocenters. The topological polar surface area (TPSA) is 79.2 Å². The van der Waals surface area contributed by atoms with Crippen LogP contribution in [0.2, 0.25) is 5.02 Å². The number of carbonyl (C=O) groups excluding carboxylic acids is 1. The first-order valence-corrected chi connectivity index (χ1v) is 14.4. The summed E-state index contributed by atoms with van der Waals surface area (Å²) in [6.07, 6.45) is 3.97. The lowest BCUT2D eigenvalue weighted by atomic mass is 10.0. The minimum Gasteiger partial charge on any atom is -0.490 e. The molecule has 1 saturated carbocycles. The quantitative estimate of drug-likeness (QED) is 0.235. The Kier molecular flexibility index (Phi) is 7.14. The van der Waals surface area contributed by atoms with Crippen molar-refractivity contribution in [2.45, 2.75) is 55.8 Å². The van der Waals surface area contributed by atoms with Gasteiger partial charge in [-0.1, -0.05) is 59.8 Å². The van der Waals surface area contributed by atoms with Gasteiger partial charge in [-0.3, -0.25) is 14.6 Å². The minimum absolute atomic E-state index is 0.153. The van der Waals surface area contributed by atoms with Crippen molar-refractivity contribution in [1.82, 2.24) is 10.1 Å². The van der Waals surface area contributed by atoms with Crippen LogP contribution >= 0.6 is 23.4 Å². The number of para-hydroxylation sites is 1. The molecule has 1 aliphatic carbocycles. The maximum absolute atomic E-state index is 13.6. The first-order valence-electron chi connectivity index (χ1n) is 13.1. The summed E-state index contributed by atoms with van der Waals surface area (Å²) < 4.78 is 7.96. The minimum atomic E-state index is -0.665. The van der Waals surface area contributed by atoms with E-state index in [4.69, 9.17) is 21.4 Å². The number of rotatable bonds is 6. The van der Waals surface area contributed by atoms with Crippen LogP contribution in [0.25, 0.3) is 11.3 Å². The van der Waals surface area contributed by atoms with Gasteiger partial charge in [0.05, 0.1) is 17.4 Å². The Bertz CT molecular complexity index is 1600. The summed E-state index contributed by atoms with van der Waals surface area (Å²) >= 11 is 7.75. The number of benzene rings is 3. The van der Waals surface area contributed by atoms with Gasteiger partial charge in [0.1, 0.15) is 5.75 Å². The molecule has 1 aliphatic heterocycles. The molecule has 7 nitrogen and oxygen atoms in total. The van der Waals surface area contributed by atoms with Crippen molar-refractivity contribution in [2.75, 3.05) is 4.90 Å². The van der Waals surface area contributed by atoms with Crippen LogP contribution in [0, 0.1) is 0 Å². The Labute approximate surface area is 235 Å². The second-order valence-electron chi connectivity index (χ2n) is 9.81. The van der Waals surface area contributed by atoms with E-state index in [-0.39, 0.29) is 17.6 Å². The number of halogens is 1. The van der Waals surface area contributed by atoms with E-state index >= 15 is 0 Å². The molecule has 0 bridgehead atoms. The molecule has 4 aromatic rings. The number of fused-ring (bicyclic) bond motifs is 3. The summed E-state index contributed by atoms with van der Waals surface area (Å²) in [5, 5.41) is 5.99. The molecule has 198 valence electrons. The standard InChI is InChI=1S/C30H27ClN4O3S/c1-19(36)34-26-16-7-5-14-24(26)27-28(37)32-30(39-18-21-9-2-6-15-25(21)31)33-35(27)29(34)20-10-8-13-23(17-20)38-22-11-3-4-12-22/h2,5-10,13-17,22,29H,3-4,11-12,18H2,1H3/p+1/t29-/m1/s1. The van der Waals surface area contributed by atoms with E-state index in [0.717, 1.165) is 29.7 Å². The first-order chi connectivity index (χ1) is 19.0. The Morgan fingerprint density at radius 2 is 1.87 bits per heavy atom. The lowest BCUT2D eigenvalue weighted by Gasteiger charge is -2.31. The fourth-order valence-corrected chi connectivity index (χ4v) is 6.52. The summed E-state index contributed by atoms with van der Waals surface area (Å²) in [6.45, 7) is 1.54. The highest BCUT2D eigenvalue weighted by Gasteiger charge is 2.45. The number of aromatic amines is 1. The number of H-pyrrole nitrogens is 1. The molecule has 9 heteroatoms. The molecule has 0 unspecified atom stereocenters. The van der Waals surface area contributed by atoms with Crippen LogP contribution in [0.3, 0.4) is 0 Å². The zero-order valence-electron chi connectivity index (χ0n) is 21.5. The van der Waals surface area contributed by atoms with Crippen molar-refractivity contribution in [3.63, 3.8) is 0 Å². The number of nitrogens with zero attached hydrogens (tertiary/aromatic N) is 3. The molecule has 3 aromatic carbocycles. The highest BCUT2D eigenvalue weighted by molar-refractivity contribution is 7.98. The molecule has 0 spiro atoms. The number of anilines is 1. The van der Waals surface area contributed by atoms with Crippen LogP contribution in [-0.4, -0.2) is 22.1 Å². The average Bonchev–Trinajstić information content (AvgIpc) is 3.44.